The monoisotopic (exact) mass is 269 g/mol. The summed E-state index contributed by atoms with van der Waals surface area (Å²) < 4.78 is 4.89. The lowest BCUT2D eigenvalue weighted by molar-refractivity contribution is -0.143. The molecule has 0 bridgehead atoms. The first-order valence-corrected chi connectivity index (χ1v) is 6.13. The van der Waals surface area contributed by atoms with E-state index in [4.69, 9.17) is 16.3 Å². The van der Waals surface area contributed by atoms with Gasteiger partial charge in [0, 0.05) is 5.92 Å². The highest BCUT2D eigenvalue weighted by atomic mass is 35.5. The Morgan fingerprint density at radius 3 is 2.56 bits per heavy atom. The van der Waals surface area contributed by atoms with Crippen molar-refractivity contribution >= 4 is 17.6 Å². The molecule has 4 nitrogen and oxygen atoms in total. The molecular formula is C13H16ClNO3. The van der Waals surface area contributed by atoms with E-state index < -0.39 is 10.9 Å². The van der Waals surface area contributed by atoms with Crippen LogP contribution in [0.4, 0.5) is 0 Å². The van der Waals surface area contributed by atoms with Crippen molar-refractivity contribution in [2.75, 3.05) is 6.61 Å². The van der Waals surface area contributed by atoms with E-state index >= 15 is 0 Å². The molecule has 0 saturated carbocycles. The van der Waals surface area contributed by atoms with E-state index in [-0.39, 0.29) is 12.4 Å². The van der Waals surface area contributed by atoms with Crippen LogP contribution >= 0.6 is 11.6 Å². The molecule has 1 aromatic carbocycles. The van der Waals surface area contributed by atoms with Gasteiger partial charge >= 0.3 is 5.97 Å². The minimum atomic E-state index is -1.37. The van der Waals surface area contributed by atoms with Gasteiger partial charge in [-0.1, -0.05) is 41.9 Å². The molecule has 2 unspecified atom stereocenters. The van der Waals surface area contributed by atoms with E-state index in [0.717, 1.165) is 5.56 Å². The molecule has 0 amide bonds. The van der Waals surface area contributed by atoms with Crippen molar-refractivity contribution in [2.24, 2.45) is 5.18 Å². The number of esters is 1. The number of ether oxygens (including phenoxy) is 1. The molecule has 1 aromatic rings. The number of halogens is 1. The largest absolute Gasteiger partial charge is 0.466 e. The van der Waals surface area contributed by atoms with Gasteiger partial charge in [0.15, 0.2) is 5.00 Å². The number of carbonyl (C=O) groups excluding carboxylic acids is 1. The maximum Gasteiger partial charge on any atom is 0.306 e. The second kappa shape index (κ2) is 6.50. The van der Waals surface area contributed by atoms with Crippen molar-refractivity contribution in [3.8, 4) is 0 Å². The molecule has 0 spiro atoms. The lowest BCUT2D eigenvalue weighted by Crippen LogP contribution is -2.27. The summed E-state index contributed by atoms with van der Waals surface area (Å²) in [4.78, 5) is 21.0. The Morgan fingerprint density at radius 1 is 1.44 bits per heavy atom. The normalized spacial score (nSPS) is 15.5. The van der Waals surface area contributed by atoms with Crippen molar-refractivity contribution in [3.05, 3.63) is 40.8 Å². The van der Waals surface area contributed by atoms with Crippen LogP contribution in [0.5, 0.6) is 0 Å². The zero-order valence-electron chi connectivity index (χ0n) is 10.4. The van der Waals surface area contributed by atoms with Gasteiger partial charge in [-0.25, -0.2) is 0 Å². The van der Waals surface area contributed by atoms with E-state index in [2.05, 4.69) is 5.18 Å². The van der Waals surface area contributed by atoms with Crippen molar-refractivity contribution in [1.82, 2.24) is 0 Å². The van der Waals surface area contributed by atoms with Gasteiger partial charge in [-0.15, -0.1) is 4.91 Å². The molecule has 0 fully saturated rings. The van der Waals surface area contributed by atoms with Gasteiger partial charge in [0.2, 0.25) is 0 Å². The molecule has 0 aromatic heterocycles. The average Bonchev–Trinajstić information content (AvgIpc) is 2.37. The molecule has 0 heterocycles. The van der Waals surface area contributed by atoms with Crippen molar-refractivity contribution < 1.29 is 9.53 Å². The van der Waals surface area contributed by atoms with Crippen molar-refractivity contribution in [2.45, 2.75) is 31.2 Å². The summed E-state index contributed by atoms with van der Waals surface area (Å²) in [5, 5.41) is 2.92. The number of alkyl halides is 1. The van der Waals surface area contributed by atoms with Crippen LogP contribution in [-0.2, 0) is 9.53 Å². The molecule has 5 heteroatoms. The Hall–Kier alpha value is -1.42. The third-order valence-electron chi connectivity index (χ3n) is 2.69. The highest BCUT2D eigenvalue weighted by Crippen LogP contribution is 2.37. The van der Waals surface area contributed by atoms with E-state index in [9.17, 15) is 9.70 Å². The van der Waals surface area contributed by atoms with E-state index in [0.29, 0.717) is 6.61 Å². The summed E-state index contributed by atoms with van der Waals surface area (Å²) in [5.74, 6) is -0.890. The summed E-state index contributed by atoms with van der Waals surface area (Å²) in [6.45, 7) is 3.53. The zero-order chi connectivity index (χ0) is 13.6. The van der Waals surface area contributed by atoms with Gasteiger partial charge in [-0.3, -0.25) is 4.79 Å². The number of carbonyl (C=O) groups is 1. The second-order valence-corrected chi connectivity index (χ2v) is 4.85. The Labute approximate surface area is 111 Å². The van der Waals surface area contributed by atoms with E-state index in [1.54, 1.807) is 6.92 Å². The summed E-state index contributed by atoms with van der Waals surface area (Å²) in [6, 6.07) is 9.13. The fourth-order valence-corrected chi connectivity index (χ4v) is 1.95. The number of rotatable bonds is 6. The highest BCUT2D eigenvalue weighted by Gasteiger charge is 2.36. The minimum Gasteiger partial charge on any atom is -0.466 e. The van der Waals surface area contributed by atoms with Gasteiger partial charge in [-0.05, 0) is 24.6 Å². The molecule has 98 valence electrons. The summed E-state index contributed by atoms with van der Waals surface area (Å²) >= 11 is 6.08. The Morgan fingerprint density at radius 2 is 2.06 bits per heavy atom. The van der Waals surface area contributed by atoms with E-state index in [1.807, 2.05) is 30.3 Å². The fourth-order valence-electron chi connectivity index (χ4n) is 1.74. The quantitative estimate of drug-likeness (QED) is 0.344. The Kier molecular flexibility index (Phi) is 5.28. The molecule has 0 aliphatic rings. The zero-order valence-corrected chi connectivity index (χ0v) is 11.2. The highest BCUT2D eigenvalue weighted by molar-refractivity contribution is 6.24. The topological polar surface area (TPSA) is 55.7 Å². The van der Waals surface area contributed by atoms with Crippen LogP contribution in [0, 0.1) is 4.91 Å². The van der Waals surface area contributed by atoms with Crippen LogP contribution in [0.25, 0.3) is 0 Å². The number of nitroso groups, excluding NO2 is 1. The fraction of sp³-hybridized carbons (Fsp3) is 0.462. The molecule has 0 aliphatic heterocycles. The maximum atomic E-state index is 11.6. The molecule has 1 rings (SSSR count). The minimum absolute atomic E-state index is 0.0313. The van der Waals surface area contributed by atoms with Crippen LogP contribution in [-0.4, -0.2) is 17.6 Å². The number of benzene rings is 1. The number of hydrogen-bond acceptors (Lipinski definition) is 4. The van der Waals surface area contributed by atoms with Crippen LogP contribution in [0.1, 0.15) is 31.7 Å². The molecule has 0 radical (unpaired) electrons. The molecule has 0 N–H and O–H groups in total. The van der Waals surface area contributed by atoms with Gasteiger partial charge in [0.25, 0.3) is 0 Å². The smallest absolute Gasteiger partial charge is 0.306 e. The van der Waals surface area contributed by atoms with Crippen molar-refractivity contribution in [3.63, 3.8) is 0 Å². The van der Waals surface area contributed by atoms with Crippen molar-refractivity contribution in [1.29, 1.82) is 0 Å². The third kappa shape index (κ3) is 3.81. The summed E-state index contributed by atoms with van der Waals surface area (Å²) in [7, 11) is 0. The summed E-state index contributed by atoms with van der Waals surface area (Å²) in [6.07, 6.45) is 0.0313. The van der Waals surface area contributed by atoms with Crippen LogP contribution < -0.4 is 0 Å². The van der Waals surface area contributed by atoms with E-state index in [1.165, 1.54) is 6.92 Å². The first-order valence-electron chi connectivity index (χ1n) is 5.75. The average molecular weight is 270 g/mol. The van der Waals surface area contributed by atoms with Gasteiger partial charge in [0.1, 0.15) is 0 Å². The molecule has 2 atom stereocenters. The van der Waals surface area contributed by atoms with Crippen LogP contribution in [0.2, 0.25) is 0 Å². The second-order valence-electron chi connectivity index (χ2n) is 4.09. The Balaban J connectivity index is 2.97. The molecular weight excluding hydrogens is 254 g/mol. The lowest BCUT2D eigenvalue weighted by Gasteiger charge is -2.25. The predicted octanol–water partition coefficient (Wildman–Crippen LogP) is 3.44. The molecule has 0 aliphatic carbocycles. The first kappa shape index (κ1) is 14.6. The van der Waals surface area contributed by atoms with Crippen LogP contribution in [0.15, 0.2) is 35.5 Å². The molecule has 0 saturated heterocycles. The van der Waals surface area contributed by atoms with Crippen LogP contribution in [0.3, 0.4) is 0 Å². The molecule has 18 heavy (non-hydrogen) atoms. The third-order valence-corrected chi connectivity index (χ3v) is 3.02. The van der Waals surface area contributed by atoms with Gasteiger partial charge < -0.3 is 4.74 Å². The number of nitrogens with zero attached hydrogens (tertiary/aromatic N) is 1. The first-order chi connectivity index (χ1) is 8.51. The predicted molar refractivity (Wildman–Crippen MR) is 70.5 cm³/mol. The number of hydrogen-bond donors (Lipinski definition) is 0. The lowest BCUT2D eigenvalue weighted by atomic mass is 9.89. The standard InChI is InChI=1S/C13H16ClNO3/c1-3-18-12(16)9-11(13(2,14)15-17)10-7-5-4-6-8-10/h4-8,11H,3,9H2,1-2H3. The maximum absolute atomic E-state index is 11.6. The summed E-state index contributed by atoms with van der Waals surface area (Å²) in [5.41, 5.74) is 0.794. The Bertz CT molecular complexity index is 406. The SMILES string of the molecule is CCOC(=O)CC(c1ccccc1)C(C)(Cl)N=O. The van der Waals surface area contributed by atoms with Gasteiger partial charge in [-0.2, -0.15) is 0 Å². The van der Waals surface area contributed by atoms with Gasteiger partial charge in [0.05, 0.1) is 13.0 Å².